The van der Waals surface area contributed by atoms with Gasteiger partial charge in [-0.2, -0.15) is 0 Å². The molecule has 32 heteroatoms. The SMILES string of the molecule is O=C(O)CC(NC(=O)[C@H](COCCOCCOCCOCCNC(=O)CCCCC(=O)NCCOCCOCCOCCOC[C@H](NC(=O)CCCCNc1ccccn1)C(=O)NC(CC(=O)O)c1cc(Cl)cc(Cl)c1)NC(=O)CCCCNc1ccccn1)c1cc(Cl)cc(Cl)c1. The van der Waals surface area contributed by atoms with Gasteiger partial charge in [0.2, 0.25) is 35.4 Å². The number of carboxylic acid groups (broad SMARTS) is 2. The summed E-state index contributed by atoms with van der Waals surface area (Å²) in [7, 11) is 0. The minimum Gasteiger partial charge on any atom is -0.481 e. The van der Waals surface area contributed by atoms with Crippen LogP contribution in [0.5, 0.6) is 0 Å². The van der Waals surface area contributed by atoms with E-state index in [1.54, 1.807) is 12.4 Å². The summed E-state index contributed by atoms with van der Waals surface area (Å²) in [6, 6.07) is 15.7. The first-order valence-corrected chi connectivity index (χ1v) is 33.9. The van der Waals surface area contributed by atoms with Crippen molar-refractivity contribution in [3.05, 3.63) is 116 Å². The summed E-state index contributed by atoms with van der Waals surface area (Å²) in [5, 5.41) is 43.0. The summed E-state index contributed by atoms with van der Waals surface area (Å²) in [6.45, 7) is 4.57. The molecular formula is C66H92Cl4N10O18. The van der Waals surface area contributed by atoms with Gasteiger partial charge in [-0.3, -0.25) is 38.4 Å². The molecule has 4 aromatic rings. The van der Waals surface area contributed by atoms with Crippen LogP contribution < -0.4 is 42.5 Å². The zero-order chi connectivity index (χ0) is 70.8. The second-order valence-electron chi connectivity index (χ2n) is 21.9. The number of hydrogen-bond donors (Lipinski definition) is 10. The number of carbonyl (C=O) groups is 8. The largest absolute Gasteiger partial charge is 0.481 e. The summed E-state index contributed by atoms with van der Waals surface area (Å²) in [5.74, 6) is -3.31. The van der Waals surface area contributed by atoms with Gasteiger partial charge in [0.25, 0.3) is 0 Å². The third-order valence-corrected chi connectivity index (χ3v) is 14.7. The van der Waals surface area contributed by atoms with E-state index in [1.165, 1.54) is 36.4 Å². The highest BCUT2D eigenvalue weighted by atomic mass is 35.5. The number of hydrogen-bond acceptors (Lipinski definition) is 20. The van der Waals surface area contributed by atoms with Crippen LogP contribution in [0, 0.1) is 0 Å². The molecule has 98 heavy (non-hydrogen) atoms. The fraction of sp³-hybridized carbons (Fsp3) is 0.545. The molecule has 0 fully saturated rings. The maximum atomic E-state index is 13.6. The summed E-state index contributed by atoms with van der Waals surface area (Å²) < 4.78 is 44.8. The van der Waals surface area contributed by atoms with Gasteiger partial charge in [-0.25, -0.2) is 9.97 Å². The third kappa shape index (κ3) is 40.7. The summed E-state index contributed by atoms with van der Waals surface area (Å²) in [6.07, 6.45) is 6.62. The number of aromatic nitrogens is 2. The smallest absolute Gasteiger partial charge is 0.305 e. The van der Waals surface area contributed by atoms with Crippen molar-refractivity contribution < 1.29 is 86.5 Å². The van der Waals surface area contributed by atoms with Crippen LogP contribution in [-0.4, -0.2) is 212 Å². The van der Waals surface area contributed by atoms with Gasteiger partial charge in [-0.1, -0.05) is 58.5 Å². The molecule has 4 atom stereocenters. The minimum atomic E-state index is -1.18. The van der Waals surface area contributed by atoms with Gasteiger partial charge in [-0.15, -0.1) is 0 Å². The number of nitrogens with zero attached hydrogens (tertiary/aromatic N) is 2. The fourth-order valence-corrected chi connectivity index (χ4v) is 10.1. The number of rotatable bonds is 57. The highest BCUT2D eigenvalue weighted by Crippen LogP contribution is 2.27. The van der Waals surface area contributed by atoms with E-state index in [-0.39, 0.29) is 162 Å². The van der Waals surface area contributed by atoms with Gasteiger partial charge in [0.05, 0.1) is 131 Å². The van der Waals surface area contributed by atoms with E-state index in [1.807, 2.05) is 36.4 Å². The van der Waals surface area contributed by atoms with E-state index in [9.17, 15) is 48.6 Å². The Balaban J connectivity index is 0.958. The first kappa shape index (κ1) is 83.4. The standard InChI is InChI=1S/C66H92Cl4N10O18/c67-49-37-47(38-50(68)41-49)53(43-63(85)86)79-65(89)55(77-61(83)15-5-9-19-73-57-11-3-7-17-71-57)45-97-35-33-95-31-29-93-27-25-91-23-21-75-59(81)13-1-2-14-60(82)76-22-24-92-26-28-94-30-32-96-34-36-98-46-56(78-62(84)16-6-10-20-74-58-12-4-8-18-72-58)66(90)80-54(44-64(87)88)48-39-51(69)42-52(70)40-48/h3-4,7-8,11-12,17-18,37-42,53-56H,1-2,5-6,9-10,13-16,19-36,43-46H2,(H,71,73)(H,72,74)(H,75,81)(H,76,82)(H,77,83)(H,78,84)(H,79,89)(H,80,90)(H,85,86)(H,87,88)/t53?,54?,55-,56-/m0/s1. The van der Waals surface area contributed by atoms with Crippen LogP contribution in [0.15, 0.2) is 85.2 Å². The van der Waals surface area contributed by atoms with Gasteiger partial charge in [0, 0.05) is 84.3 Å². The number of benzene rings is 2. The molecule has 0 aliphatic heterocycles. The minimum absolute atomic E-state index is 0.0802. The molecule has 542 valence electrons. The predicted octanol–water partition coefficient (Wildman–Crippen LogP) is 6.51. The van der Waals surface area contributed by atoms with Gasteiger partial charge in [0.1, 0.15) is 23.7 Å². The number of amides is 6. The number of carbonyl (C=O) groups excluding carboxylic acids is 6. The fourth-order valence-electron chi connectivity index (χ4n) is 9.03. The third-order valence-electron chi connectivity index (χ3n) is 13.9. The lowest BCUT2D eigenvalue weighted by Crippen LogP contribution is -2.50. The van der Waals surface area contributed by atoms with Crippen LogP contribution in [-0.2, 0) is 76.3 Å². The van der Waals surface area contributed by atoms with Gasteiger partial charge in [-0.05, 0) is 110 Å². The molecule has 0 spiro atoms. The van der Waals surface area contributed by atoms with E-state index >= 15 is 0 Å². The zero-order valence-corrected chi connectivity index (χ0v) is 57.9. The molecule has 0 saturated heterocycles. The molecule has 2 aromatic heterocycles. The van der Waals surface area contributed by atoms with Crippen LogP contribution in [0.4, 0.5) is 11.6 Å². The topological polar surface area (TPSA) is 373 Å². The van der Waals surface area contributed by atoms with Crippen molar-refractivity contribution in [1.82, 2.24) is 41.9 Å². The van der Waals surface area contributed by atoms with Crippen molar-refractivity contribution in [3.8, 4) is 0 Å². The van der Waals surface area contributed by atoms with Gasteiger partial charge < -0.3 is 90.6 Å². The Hall–Kier alpha value is -7.06. The lowest BCUT2D eigenvalue weighted by Gasteiger charge is -2.23. The predicted molar refractivity (Wildman–Crippen MR) is 367 cm³/mol. The first-order chi connectivity index (χ1) is 47.4. The van der Waals surface area contributed by atoms with Crippen LogP contribution in [0.25, 0.3) is 0 Å². The highest BCUT2D eigenvalue weighted by Gasteiger charge is 2.28. The maximum absolute atomic E-state index is 13.6. The molecule has 2 unspecified atom stereocenters. The molecule has 2 heterocycles. The average molecular weight is 1460 g/mol. The Morgan fingerprint density at radius 2 is 0.694 bits per heavy atom. The molecule has 28 nitrogen and oxygen atoms in total. The molecule has 2 aromatic carbocycles. The molecule has 0 aliphatic rings. The number of pyridine rings is 2. The number of anilines is 2. The lowest BCUT2D eigenvalue weighted by atomic mass is 10.0. The number of carboxylic acids is 2. The molecule has 0 saturated carbocycles. The number of unbranched alkanes of at least 4 members (excludes halogenated alkanes) is 3. The average Bonchev–Trinajstić information content (AvgIpc) is 0.866. The van der Waals surface area contributed by atoms with Crippen LogP contribution in [0.1, 0.15) is 100 Å². The molecule has 4 rings (SSSR count). The number of ether oxygens (including phenoxy) is 8. The highest BCUT2D eigenvalue weighted by molar-refractivity contribution is 6.35. The van der Waals surface area contributed by atoms with Crippen molar-refractivity contribution in [2.24, 2.45) is 0 Å². The monoisotopic (exact) mass is 1450 g/mol. The Labute approximate surface area is 591 Å². The Morgan fingerprint density at radius 3 is 1.02 bits per heavy atom. The Kier molecular flexibility index (Phi) is 44.3. The number of nitrogens with one attached hydrogen (secondary N) is 8. The van der Waals surface area contributed by atoms with Gasteiger partial charge >= 0.3 is 11.9 Å². The Bertz CT molecular complexity index is 2740. The van der Waals surface area contributed by atoms with Crippen molar-refractivity contribution >= 4 is 105 Å². The van der Waals surface area contributed by atoms with Crippen molar-refractivity contribution in [2.45, 2.75) is 101 Å². The molecule has 10 N–H and O–H groups in total. The van der Waals surface area contributed by atoms with E-state index in [2.05, 4.69) is 52.5 Å². The molecule has 0 aliphatic carbocycles. The quantitative estimate of drug-likeness (QED) is 0.0210. The molecule has 0 bridgehead atoms. The summed E-state index contributed by atoms with van der Waals surface area (Å²) in [4.78, 5) is 110. The van der Waals surface area contributed by atoms with E-state index in [0.29, 0.717) is 89.0 Å². The molecule has 6 amide bonds. The van der Waals surface area contributed by atoms with Crippen molar-refractivity contribution in [2.75, 3.05) is 143 Å². The Morgan fingerprint density at radius 1 is 0.378 bits per heavy atom. The summed E-state index contributed by atoms with van der Waals surface area (Å²) in [5.41, 5.74) is 0.755. The second kappa shape index (κ2) is 52.0. The number of halogens is 4. The van der Waals surface area contributed by atoms with Crippen LogP contribution in [0.3, 0.4) is 0 Å². The zero-order valence-electron chi connectivity index (χ0n) is 54.9. The first-order valence-electron chi connectivity index (χ1n) is 32.4. The van der Waals surface area contributed by atoms with E-state index in [0.717, 1.165) is 11.6 Å². The molecule has 0 radical (unpaired) electrons. The molecular weight excluding hydrogens is 1360 g/mol. The maximum Gasteiger partial charge on any atom is 0.305 e. The van der Waals surface area contributed by atoms with E-state index < -0.39 is 60.8 Å². The van der Waals surface area contributed by atoms with Crippen molar-refractivity contribution in [1.29, 1.82) is 0 Å². The summed E-state index contributed by atoms with van der Waals surface area (Å²) >= 11 is 24.7. The number of aliphatic carboxylic acids is 2. The van der Waals surface area contributed by atoms with Crippen LogP contribution in [0.2, 0.25) is 20.1 Å². The van der Waals surface area contributed by atoms with E-state index in [4.69, 9.17) is 84.3 Å². The van der Waals surface area contributed by atoms with Gasteiger partial charge in [0.15, 0.2) is 0 Å². The lowest BCUT2D eigenvalue weighted by molar-refractivity contribution is -0.139. The normalized spacial score (nSPS) is 12.3. The van der Waals surface area contributed by atoms with Crippen LogP contribution >= 0.6 is 46.4 Å². The second-order valence-corrected chi connectivity index (χ2v) is 23.6. The van der Waals surface area contributed by atoms with Crippen molar-refractivity contribution in [3.63, 3.8) is 0 Å².